The number of aliphatic hydroxyl groups is 1. The Morgan fingerprint density at radius 2 is 1.96 bits per heavy atom. The van der Waals surface area contributed by atoms with Crippen molar-refractivity contribution >= 4 is 11.8 Å². The van der Waals surface area contributed by atoms with Crippen molar-refractivity contribution in [3.8, 4) is 0 Å². The lowest BCUT2D eigenvalue weighted by Gasteiger charge is -2.26. The minimum Gasteiger partial charge on any atom is -0.393 e. The molecule has 2 aliphatic carbocycles. The van der Waals surface area contributed by atoms with Crippen molar-refractivity contribution < 1.29 is 14.7 Å². The molecule has 0 aliphatic heterocycles. The average Bonchev–Trinajstić information content (AvgIpc) is 3.19. The van der Waals surface area contributed by atoms with Crippen LogP contribution in [0, 0.1) is 17.8 Å². The first-order valence-electron chi connectivity index (χ1n) is 9.87. The van der Waals surface area contributed by atoms with Gasteiger partial charge in [0.2, 0.25) is 11.8 Å². The summed E-state index contributed by atoms with van der Waals surface area (Å²) in [7, 11) is 1.79. The van der Waals surface area contributed by atoms with Crippen molar-refractivity contribution in [3.63, 3.8) is 0 Å². The van der Waals surface area contributed by atoms with E-state index in [4.69, 9.17) is 0 Å². The number of amides is 2. The van der Waals surface area contributed by atoms with E-state index in [1.54, 1.807) is 11.9 Å². The third kappa shape index (κ3) is 4.56. The van der Waals surface area contributed by atoms with E-state index in [1.165, 1.54) is 0 Å². The number of carbonyl (C=O) groups is 2. The Morgan fingerprint density at radius 1 is 1.27 bits per heavy atom. The summed E-state index contributed by atoms with van der Waals surface area (Å²) in [4.78, 5) is 27.4. The molecule has 0 aromatic rings. The maximum atomic E-state index is 12.9. The summed E-state index contributed by atoms with van der Waals surface area (Å²) in [6.07, 6.45) is 8.56. The Morgan fingerprint density at radius 3 is 2.54 bits per heavy atom. The topological polar surface area (TPSA) is 69.6 Å². The normalized spacial score (nSPS) is 32.7. The first-order valence-corrected chi connectivity index (χ1v) is 9.87. The number of nitrogens with zero attached hydrogens (tertiary/aromatic N) is 1. The van der Waals surface area contributed by atoms with Crippen LogP contribution in [0.5, 0.6) is 0 Å². The van der Waals surface area contributed by atoms with Crippen molar-refractivity contribution in [2.75, 3.05) is 13.6 Å². The third-order valence-electron chi connectivity index (χ3n) is 6.14. The molecule has 0 radical (unpaired) electrons. The highest BCUT2D eigenvalue weighted by molar-refractivity contribution is 5.89. The lowest BCUT2D eigenvalue weighted by Crippen LogP contribution is -2.45. The van der Waals surface area contributed by atoms with Gasteiger partial charge in [-0.3, -0.25) is 9.59 Å². The van der Waals surface area contributed by atoms with E-state index in [0.29, 0.717) is 25.3 Å². The molecule has 5 atom stereocenters. The summed E-state index contributed by atoms with van der Waals surface area (Å²) < 4.78 is 0. The van der Waals surface area contributed by atoms with Crippen molar-refractivity contribution in [1.82, 2.24) is 10.2 Å². The molecule has 0 saturated heterocycles. The van der Waals surface area contributed by atoms with Crippen LogP contribution in [-0.2, 0) is 9.59 Å². The largest absolute Gasteiger partial charge is 0.393 e. The van der Waals surface area contributed by atoms with Gasteiger partial charge < -0.3 is 15.3 Å². The summed E-state index contributed by atoms with van der Waals surface area (Å²) in [6.45, 7) is 10.3. The predicted molar refractivity (Wildman–Crippen MR) is 103 cm³/mol. The molecule has 2 fully saturated rings. The number of nitrogens with one attached hydrogen (secondary N) is 1. The molecule has 2 N–H and O–H groups in total. The van der Waals surface area contributed by atoms with Crippen molar-refractivity contribution in [2.45, 2.75) is 63.5 Å². The minimum absolute atomic E-state index is 0.0260. The zero-order valence-corrected chi connectivity index (χ0v) is 16.2. The molecule has 0 bridgehead atoms. The molecule has 146 valence electrons. The Hall–Kier alpha value is -1.62. The second kappa shape index (κ2) is 8.85. The molecule has 0 unspecified atom stereocenters. The van der Waals surface area contributed by atoms with Crippen LogP contribution < -0.4 is 5.32 Å². The van der Waals surface area contributed by atoms with Crippen LogP contribution >= 0.6 is 0 Å². The molecule has 0 aromatic carbocycles. The van der Waals surface area contributed by atoms with E-state index in [2.05, 4.69) is 25.4 Å². The first kappa shape index (κ1) is 20.7. The molecular formula is C21H34N2O3. The average molecular weight is 363 g/mol. The molecule has 0 heterocycles. The standard InChI is InChI=1S/C21H34N2O3/c1-5-8-9-10-11-23(4)20(26)18-13-16(24)12-17(18)19(25)22-21(7-3)14-15(21)6-2/h5-6,15-18,24H,1-2,7-14H2,3-4H3,(H,22,25)/t15-,16-,17-,18-,21-/m1/s1. The van der Waals surface area contributed by atoms with Crippen LogP contribution in [0.3, 0.4) is 0 Å². The van der Waals surface area contributed by atoms with E-state index in [9.17, 15) is 14.7 Å². The first-order chi connectivity index (χ1) is 12.4. The van der Waals surface area contributed by atoms with Crippen LogP contribution in [0.15, 0.2) is 25.3 Å². The zero-order chi connectivity index (χ0) is 19.3. The maximum absolute atomic E-state index is 12.9. The highest BCUT2D eigenvalue weighted by Crippen LogP contribution is 2.47. The lowest BCUT2D eigenvalue weighted by atomic mass is 9.93. The van der Waals surface area contributed by atoms with Gasteiger partial charge in [-0.15, -0.1) is 13.2 Å². The lowest BCUT2D eigenvalue weighted by molar-refractivity contribution is -0.140. The fourth-order valence-electron chi connectivity index (χ4n) is 4.22. The number of unbranched alkanes of at least 4 members (excludes halogenated alkanes) is 2. The fourth-order valence-corrected chi connectivity index (χ4v) is 4.22. The highest BCUT2D eigenvalue weighted by Gasteiger charge is 2.54. The number of aliphatic hydroxyl groups excluding tert-OH is 1. The second-order valence-electron chi connectivity index (χ2n) is 7.93. The second-order valence-corrected chi connectivity index (χ2v) is 7.93. The van der Waals surface area contributed by atoms with Gasteiger partial charge in [-0.25, -0.2) is 0 Å². The van der Waals surface area contributed by atoms with Crippen molar-refractivity contribution in [3.05, 3.63) is 25.3 Å². The van der Waals surface area contributed by atoms with Gasteiger partial charge >= 0.3 is 0 Å². The molecule has 26 heavy (non-hydrogen) atoms. The molecule has 0 aromatic heterocycles. The Balaban J connectivity index is 1.96. The number of rotatable bonds is 10. The Kier molecular flexibility index (Phi) is 7.04. The van der Waals surface area contributed by atoms with Crippen LogP contribution in [0.4, 0.5) is 0 Å². The van der Waals surface area contributed by atoms with Crippen LogP contribution in [0.25, 0.3) is 0 Å². The van der Waals surface area contributed by atoms with Gasteiger partial charge in [-0.05, 0) is 44.9 Å². The fraction of sp³-hybridized carbons (Fsp3) is 0.714. The van der Waals surface area contributed by atoms with Crippen LogP contribution in [0.1, 0.15) is 51.9 Å². The molecule has 5 heteroatoms. The smallest absolute Gasteiger partial charge is 0.226 e. The molecule has 2 rings (SSSR count). The summed E-state index contributed by atoms with van der Waals surface area (Å²) in [5.41, 5.74) is -0.198. The SMILES string of the molecule is C=CCCCCN(C)C(=O)[C@@H]1C[C@H](O)C[C@H]1C(=O)N[C@]1(CC)C[C@H]1C=C. The summed E-state index contributed by atoms with van der Waals surface area (Å²) in [6, 6.07) is 0. The van der Waals surface area contributed by atoms with Gasteiger partial charge in [-0.2, -0.15) is 0 Å². The molecule has 2 aliphatic rings. The summed E-state index contributed by atoms with van der Waals surface area (Å²) in [5, 5.41) is 13.2. The van der Waals surface area contributed by atoms with Crippen LogP contribution in [-0.4, -0.2) is 47.1 Å². The zero-order valence-electron chi connectivity index (χ0n) is 16.2. The molecular weight excluding hydrogens is 328 g/mol. The number of allylic oxidation sites excluding steroid dienone is 1. The van der Waals surface area contributed by atoms with E-state index >= 15 is 0 Å². The van der Waals surface area contributed by atoms with Gasteiger partial charge in [0.1, 0.15) is 0 Å². The Bertz CT molecular complexity index is 547. The van der Waals surface area contributed by atoms with Gasteiger partial charge in [0.25, 0.3) is 0 Å². The Labute approximate surface area is 157 Å². The number of hydrogen-bond acceptors (Lipinski definition) is 3. The van der Waals surface area contributed by atoms with Crippen molar-refractivity contribution in [2.24, 2.45) is 17.8 Å². The predicted octanol–water partition coefficient (Wildman–Crippen LogP) is 2.66. The van der Waals surface area contributed by atoms with E-state index in [0.717, 1.165) is 32.1 Å². The maximum Gasteiger partial charge on any atom is 0.226 e. The van der Waals surface area contributed by atoms with E-state index < -0.39 is 17.9 Å². The minimum atomic E-state index is -0.583. The van der Waals surface area contributed by atoms with Gasteiger partial charge in [0.05, 0.1) is 17.9 Å². The third-order valence-corrected chi connectivity index (χ3v) is 6.14. The molecule has 0 spiro atoms. The van der Waals surface area contributed by atoms with Crippen molar-refractivity contribution in [1.29, 1.82) is 0 Å². The highest BCUT2D eigenvalue weighted by atomic mass is 16.3. The number of carbonyl (C=O) groups excluding carboxylic acids is 2. The monoisotopic (exact) mass is 362 g/mol. The van der Waals surface area contributed by atoms with Crippen LogP contribution in [0.2, 0.25) is 0 Å². The van der Waals surface area contributed by atoms with E-state index in [1.807, 2.05) is 12.2 Å². The van der Waals surface area contributed by atoms with Gasteiger partial charge in [0.15, 0.2) is 0 Å². The van der Waals surface area contributed by atoms with Gasteiger partial charge in [0, 0.05) is 25.0 Å². The van der Waals surface area contributed by atoms with E-state index in [-0.39, 0.29) is 17.4 Å². The quantitative estimate of drug-likeness (QED) is 0.464. The number of hydrogen-bond donors (Lipinski definition) is 2. The molecule has 2 saturated carbocycles. The molecule has 5 nitrogen and oxygen atoms in total. The summed E-state index contributed by atoms with van der Waals surface area (Å²) >= 11 is 0. The van der Waals surface area contributed by atoms with Gasteiger partial charge in [-0.1, -0.05) is 19.1 Å². The summed E-state index contributed by atoms with van der Waals surface area (Å²) in [5.74, 6) is -0.676. The molecule has 2 amide bonds.